The molecule has 3 rings (SSSR count). The van der Waals surface area contributed by atoms with Crippen molar-refractivity contribution in [3.05, 3.63) is 35.4 Å². The molecule has 0 aromatic heterocycles. The molecule has 2 saturated heterocycles. The minimum Gasteiger partial charge on any atom is -0.313 e. The number of hydrogen-bond donors (Lipinski definition) is 2. The monoisotopic (exact) mass is 450 g/mol. The number of piperidine rings is 2. The predicted octanol–water partition coefficient (Wildman–Crippen LogP) is 4.82. The number of hydrogen-bond acceptors (Lipinski definition) is 4. The molecule has 2 unspecified atom stereocenters. The van der Waals surface area contributed by atoms with Crippen molar-refractivity contribution in [1.29, 1.82) is 0 Å². The lowest BCUT2D eigenvalue weighted by Crippen LogP contribution is -2.38. The van der Waals surface area contributed by atoms with Gasteiger partial charge in [0.1, 0.15) is 0 Å². The molecule has 2 aliphatic heterocycles. The van der Waals surface area contributed by atoms with Crippen molar-refractivity contribution < 1.29 is 0 Å². The molecule has 0 bridgehead atoms. The van der Waals surface area contributed by atoms with Crippen LogP contribution in [0.3, 0.4) is 0 Å². The Morgan fingerprint density at radius 2 is 1.13 bits per heavy atom. The summed E-state index contributed by atoms with van der Waals surface area (Å²) in [6.07, 6.45) is 10.9. The molecule has 2 atom stereocenters. The fourth-order valence-electron chi connectivity index (χ4n) is 5.03. The van der Waals surface area contributed by atoms with Gasteiger partial charge in [0.2, 0.25) is 0 Å². The third kappa shape index (κ3) is 9.79. The first kappa shape index (κ1) is 26.6. The van der Waals surface area contributed by atoms with Gasteiger partial charge in [-0.15, -0.1) is 12.4 Å². The molecule has 2 aliphatic rings. The molecule has 2 heterocycles. The lowest BCUT2D eigenvalue weighted by molar-refractivity contribution is 0.159. The van der Waals surface area contributed by atoms with Gasteiger partial charge in [-0.2, -0.15) is 0 Å². The van der Waals surface area contributed by atoms with Crippen molar-refractivity contribution in [2.24, 2.45) is 0 Å². The fraction of sp³-hybridized carbons (Fsp3) is 0.769. The Kier molecular flexibility index (Phi) is 13.1. The van der Waals surface area contributed by atoms with E-state index in [0.29, 0.717) is 0 Å². The molecule has 1 aromatic rings. The Balaban J connectivity index is 0.00000341. The normalized spacial score (nSPS) is 22.9. The standard InChI is InChI=1S/C26H46N4.ClH/c1-23-9-3-5-17-29(23)19-7-15-27-21-25-11-13-26(14-12-25)22-28-16-8-20-30-18-6-4-10-24(30)2;/h11-14,23-24,27-28H,3-10,15-22H2,1-2H3;1H. The van der Waals surface area contributed by atoms with Crippen molar-refractivity contribution >= 4 is 12.4 Å². The maximum absolute atomic E-state index is 3.62. The van der Waals surface area contributed by atoms with E-state index in [-0.39, 0.29) is 12.4 Å². The molecular weight excluding hydrogens is 404 g/mol. The molecule has 31 heavy (non-hydrogen) atoms. The lowest BCUT2D eigenvalue weighted by Gasteiger charge is -2.33. The summed E-state index contributed by atoms with van der Waals surface area (Å²) in [5.41, 5.74) is 2.79. The SMILES string of the molecule is CC1CCCCN1CCCNCc1ccc(CNCCCN2CCCCC2C)cc1.Cl. The van der Waals surface area contributed by atoms with Gasteiger partial charge in [-0.3, -0.25) is 0 Å². The van der Waals surface area contributed by atoms with E-state index in [1.165, 1.54) is 88.7 Å². The van der Waals surface area contributed by atoms with Crippen molar-refractivity contribution in [1.82, 2.24) is 20.4 Å². The highest BCUT2D eigenvalue weighted by Crippen LogP contribution is 2.17. The Morgan fingerprint density at radius 1 is 0.710 bits per heavy atom. The minimum atomic E-state index is 0. The van der Waals surface area contributed by atoms with Crippen LogP contribution in [-0.2, 0) is 13.1 Å². The Morgan fingerprint density at radius 3 is 1.52 bits per heavy atom. The zero-order valence-corrected chi connectivity index (χ0v) is 20.9. The Hall–Kier alpha value is -0.650. The van der Waals surface area contributed by atoms with Crippen LogP contribution < -0.4 is 10.6 Å². The van der Waals surface area contributed by atoms with Gasteiger partial charge in [-0.25, -0.2) is 0 Å². The molecule has 1 aromatic carbocycles. The van der Waals surface area contributed by atoms with Gasteiger partial charge >= 0.3 is 0 Å². The topological polar surface area (TPSA) is 30.5 Å². The summed E-state index contributed by atoms with van der Waals surface area (Å²) >= 11 is 0. The summed E-state index contributed by atoms with van der Waals surface area (Å²) < 4.78 is 0. The first-order valence-electron chi connectivity index (χ1n) is 12.7. The maximum atomic E-state index is 3.62. The Bertz CT molecular complexity index is 528. The van der Waals surface area contributed by atoms with Gasteiger partial charge in [0.15, 0.2) is 0 Å². The predicted molar refractivity (Wildman–Crippen MR) is 136 cm³/mol. The number of halogens is 1. The van der Waals surface area contributed by atoms with Crippen LogP contribution in [0.1, 0.15) is 76.3 Å². The van der Waals surface area contributed by atoms with Crippen molar-refractivity contribution in [3.63, 3.8) is 0 Å². The van der Waals surface area contributed by atoms with Gasteiger partial charge in [-0.05, 0) is 103 Å². The molecule has 4 nitrogen and oxygen atoms in total. The van der Waals surface area contributed by atoms with E-state index in [9.17, 15) is 0 Å². The van der Waals surface area contributed by atoms with Crippen molar-refractivity contribution in [2.75, 3.05) is 39.3 Å². The van der Waals surface area contributed by atoms with Crippen LogP contribution in [0, 0.1) is 0 Å². The molecule has 0 saturated carbocycles. The molecule has 2 fully saturated rings. The second kappa shape index (κ2) is 15.2. The lowest BCUT2D eigenvalue weighted by atomic mass is 10.0. The average Bonchev–Trinajstić information content (AvgIpc) is 2.77. The van der Waals surface area contributed by atoms with Crippen LogP contribution >= 0.6 is 12.4 Å². The van der Waals surface area contributed by atoms with Crippen LogP contribution in [-0.4, -0.2) is 61.2 Å². The molecule has 178 valence electrons. The zero-order valence-electron chi connectivity index (χ0n) is 20.1. The molecule has 0 aliphatic carbocycles. The van der Waals surface area contributed by atoms with E-state index < -0.39 is 0 Å². The summed E-state index contributed by atoms with van der Waals surface area (Å²) in [5.74, 6) is 0. The van der Waals surface area contributed by atoms with Crippen molar-refractivity contribution in [3.8, 4) is 0 Å². The second-order valence-corrected chi connectivity index (χ2v) is 9.64. The van der Waals surface area contributed by atoms with Gasteiger partial charge in [-0.1, -0.05) is 37.1 Å². The van der Waals surface area contributed by atoms with Crippen LogP contribution in [0.25, 0.3) is 0 Å². The van der Waals surface area contributed by atoms with Crippen molar-refractivity contribution in [2.45, 2.75) is 90.4 Å². The van der Waals surface area contributed by atoms with Crippen LogP contribution in [0.4, 0.5) is 0 Å². The number of likely N-dealkylation sites (tertiary alicyclic amines) is 2. The highest BCUT2D eigenvalue weighted by atomic mass is 35.5. The van der Waals surface area contributed by atoms with Crippen LogP contribution in [0.2, 0.25) is 0 Å². The van der Waals surface area contributed by atoms with Gasteiger partial charge < -0.3 is 20.4 Å². The second-order valence-electron chi connectivity index (χ2n) is 9.64. The molecule has 0 spiro atoms. The first-order valence-corrected chi connectivity index (χ1v) is 12.7. The third-order valence-corrected chi connectivity index (χ3v) is 7.16. The van der Waals surface area contributed by atoms with E-state index in [1.54, 1.807) is 0 Å². The number of rotatable bonds is 12. The number of nitrogens with zero attached hydrogens (tertiary/aromatic N) is 2. The summed E-state index contributed by atoms with van der Waals surface area (Å²) in [7, 11) is 0. The molecule has 0 radical (unpaired) electrons. The van der Waals surface area contributed by atoms with Crippen LogP contribution in [0.5, 0.6) is 0 Å². The van der Waals surface area contributed by atoms with E-state index in [0.717, 1.165) is 38.3 Å². The van der Waals surface area contributed by atoms with Gasteiger partial charge in [0.25, 0.3) is 0 Å². The highest BCUT2D eigenvalue weighted by Gasteiger charge is 2.17. The molecular formula is C26H47ClN4. The summed E-state index contributed by atoms with van der Waals surface area (Å²) in [6.45, 7) is 14.1. The van der Waals surface area contributed by atoms with Crippen LogP contribution in [0.15, 0.2) is 24.3 Å². The molecule has 0 amide bonds. The van der Waals surface area contributed by atoms with E-state index in [1.807, 2.05) is 0 Å². The minimum absolute atomic E-state index is 0. The average molecular weight is 451 g/mol. The number of benzene rings is 1. The summed E-state index contributed by atoms with van der Waals surface area (Å²) in [4.78, 5) is 5.33. The van der Waals surface area contributed by atoms with Gasteiger partial charge in [0, 0.05) is 25.2 Å². The molecule has 5 heteroatoms. The zero-order chi connectivity index (χ0) is 21.0. The van der Waals surface area contributed by atoms with E-state index in [2.05, 4.69) is 58.5 Å². The Labute approximate surface area is 197 Å². The first-order chi connectivity index (χ1) is 14.7. The number of nitrogens with one attached hydrogen (secondary N) is 2. The maximum Gasteiger partial charge on any atom is 0.0205 e. The fourth-order valence-corrected chi connectivity index (χ4v) is 5.03. The molecule has 2 N–H and O–H groups in total. The third-order valence-electron chi connectivity index (χ3n) is 7.16. The summed E-state index contributed by atoms with van der Waals surface area (Å²) in [5, 5.41) is 7.25. The largest absolute Gasteiger partial charge is 0.313 e. The highest BCUT2D eigenvalue weighted by molar-refractivity contribution is 5.85. The quantitative estimate of drug-likeness (QED) is 0.447. The van der Waals surface area contributed by atoms with E-state index in [4.69, 9.17) is 0 Å². The van der Waals surface area contributed by atoms with E-state index >= 15 is 0 Å². The van der Waals surface area contributed by atoms with Gasteiger partial charge in [0.05, 0.1) is 0 Å². The summed E-state index contributed by atoms with van der Waals surface area (Å²) in [6, 6.07) is 10.7. The smallest absolute Gasteiger partial charge is 0.0205 e.